The minimum Gasteiger partial charge on any atom is -0.300 e. The number of carbonyl (C=O) groups is 1. The normalized spacial score (nSPS) is 10.4. The van der Waals surface area contributed by atoms with E-state index < -0.39 is 0 Å². The zero-order chi connectivity index (χ0) is 15.4. The molecule has 0 fully saturated rings. The van der Waals surface area contributed by atoms with Crippen molar-refractivity contribution >= 4 is 34.0 Å². The standard InChI is InChI=1S/C15H11ClN4OS/c16-12-3-1-10(2-4-12)9-13(21)18-15-20-19-14(22-15)11-5-7-17-8-6-11/h1-8H,9H2,(H,18,20,21). The van der Waals surface area contributed by atoms with E-state index in [1.165, 1.54) is 11.3 Å². The molecule has 0 aliphatic heterocycles. The topological polar surface area (TPSA) is 67.8 Å². The molecule has 0 radical (unpaired) electrons. The molecule has 1 amide bonds. The first kappa shape index (κ1) is 14.6. The number of rotatable bonds is 4. The van der Waals surface area contributed by atoms with Crippen LogP contribution in [0.2, 0.25) is 5.02 Å². The van der Waals surface area contributed by atoms with Crippen LogP contribution in [0, 0.1) is 0 Å². The minimum atomic E-state index is -0.139. The second-order valence-corrected chi connectivity index (χ2v) is 5.91. The predicted molar refractivity (Wildman–Crippen MR) is 86.9 cm³/mol. The zero-order valence-electron chi connectivity index (χ0n) is 11.4. The number of benzene rings is 1. The molecule has 3 aromatic rings. The molecule has 5 nitrogen and oxygen atoms in total. The van der Waals surface area contributed by atoms with Gasteiger partial charge >= 0.3 is 0 Å². The Labute approximate surface area is 136 Å². The summed E-state index contributed by atoms with van der Waals surface area (Å²) in [5.41, 5.74) is 1.81. The van der Waals surface area contributed by atoms with Crippen molar-refractivity contribution in [3.8, 4) is 10.6 Å². The van der Waals surface area contributed by atoms with E-state index in [0.717, 1.165) is 16.1 Å². The number of hydrogen-bond acceptors (Lipinski definition) is 5. The first-order valence-corrected chi connectivity index (χ1v) is 7.68. The molecule has 2 aromatic heterocycles. The second-order valence-electron chi connectivity index (χ2n) is 4.50. The summed E-state index contributed by atoms with van der Waals surface area (Å²) in [6.07, 6.45) is 3.65. The van der Waals surface area contributed by atoms with Crippen molar-refractivity contribution in [1.82, 2.24) is 15.2 Å². The van der Waals surface area contributed by atoms with Gasteiger partial charge in [0.1, 0.15) is 5.01 Å². The highest BCUT2D eigenvalue weighted by Gasteiger charge is 2.10. The fourth-order valence-electron chi connectivity index (χ4n) is 1.84. The Morgan fingerprint density at radius 2 is 1.82 bits per heavy atom. The Hall–Kier alpha value is -2.31. The molecule has 0 saturated carbocycles. The van der Waals surface area contributed by atoms with Crippen LogP contribution in [0.5, 0.6) is 0 Å². The summed E-state index contributed by atoms with van der Waals surface area (Å²) in [5.74, 6) is -0.139. The molecular formula is C15H11ClN4OS. The van der Waals surface area contributed by atoms with Crippen LogP contribution in [0.1, 0.15) is 5.56 Å². The van der Waals surface area contributed by atoms with Gasteiger partial charge in [-0.25, -0.2) is 0 Å². The first-order valence-electron chi connectivity index (χ1n) is 6.49. The van der Waals surface area contributed by atoms with Crippen LogP contribution in [-0.4, -0.2) is 21.1 Å². The Morgan fingerprint density at radius 3 is 2.55 bits per heavy atom. The third kappa shape index (κ3) is 3.66. The number of halogens is 1. The summed E-state index contributed by atoms with van der Waals surface area (Å²) in [4.78, 5) is 16.0. The first-order chi connectivity index (χ1) is 10.7. The number of hydrogen-bond donors (Lipinski definition) is 1. The summed E-state index contributed by atoms with van der Waals surface area (Å²) in [6, 6.07) is 10.9. The van der Waals surface area contributed by atoms with Crippen molar-refractivity contribution in [1.29, 1.82) is 0 Å². The minimum absolute atomic E-state index is 0.139. The summed E-state index contributed by atoms with van der Waals surface area (Å²) in [5, 5.41) is 12.7. The van der Waals surface area contributed by atoms with Gasteiger partial charge in [-0.1, -0.05) is 35.1 Å². The molecular weight excluding hydrogens is 320 g/mol. The van der Waals surface area contributed by atoms with E-state index in [4.69, 9.17) is 11.6 Å². The van der Waals surface area contributed by atoms with Gasteiger partial charge in [0.2, 0.25) is 11.0 Å². The monoisotopic (exact) mass is 330 g/mol. The largest absolute Gasteiger partial charge is 0.300 e. The summed E-state index contributed by atoms with van der Waals surface area (Å²) in [6.45, 7) is 0. The molecule has 1 aromatic carbocycles. The summed E-state index contributed by atoms with van der Waals surface area (Å²) >= 11 is 7.14. The lowest BCUT2D eigenvalue weighted by Crippen LogP contribution is -2.14. The highest BCUT2D eigenvalue weighted by Crippen LogP contribution is 2.25. The van der Waals surface area contributed by atoms with Crippen LogP contribution in [0.25, 0.3) is 10.6 Å². The predicted octanol–water partition coefficient (Wildman–Crippen LogP) is 3.43. The van der Waals surface area contributed by atoms with E-state index in [9.17, 15) is 4.79 Å². The molecule has 0 spiro atoms. The highest BCUT2D eigenvalue weighted by atomic mass is 35.5. The third-order valence-corrected chi connectivity index (χ3v) is 4.02. The number of carbonyl (C=O) groups excluding carboxylic acids is 1. The van der Waals surface area contributed by atoms with Gasteiger partial charge in [0.25, 0.3) is 0 Å². The van der Waals surface area contributed by atoms with E-state index in [-0.39, 0.29) is 12.3 Å². The van der Waals surface area contributed by atoms with E-state index in [1.54, 1.807) is 24.5 Å². The maximum absolute atomic E-state index is 12.0. The quantitative estimate of drug-likeness (QED) is 0.795. The van der Waals surface area contributed by atoms with Crippen LogP contribution in [0.4, 0.5) is 5.13 Å². The molecule has 0 bridgehead atoms. The number of anilines is 1. The van der Waals surface area contributed by atoms with Crippen LogP contribution >= 0.6 is 22.9 Å². The van der Waals surface area contributed by atoms with Gasteiger partial charge in [0.15, 0.2) is 0 Å². The average molecular weight is 331 g/mol. The number of pyridine rings is 1. The molecule has 0 atom stereocenters. The molecule has 1 N–H and O–H groups in total. The van der Waals surface area contributed by atoms with Crippen molar-refractivity contribution in [3.63, 3.8) is 0 Å². The van der Waals surface area contributed by atoms with Crippen molar-refractivity contribution in [2.75, 3.05) is 5.32 Å². The fourth-order valence-corrected chi connectivity index (χ4v) is 2.73. The average Bonchev–Trinajstić information content (AvgIpc) is 2.99. The van der Waals surface area contributed by atoms with Crippen LogP contribution in [0.3, 0.4) is 0 Å². The smallest absolute Gasteiger partial charge is 0.230 e. The molecule has 22 heavy (non-hydrogen) atoms. The van der Waals surface area contributed by atoms with Crippen molar-refractivity contribution in [3.05, 3.63) is 59.4 Å². The van der Waals surface area contributed by atoms with Gasteiger partial charge in [-0.2, -0.15) is 0 Å². The van der Waals surface area contributed by atoms with Crippen LogP contribution < -0.4 is 5.32 Å². The summed E-state index contributed by atoms with van der Waals surface area (Å²) < 4.78 is 0. The van der Waals surface area contributed by atoms with Crippen LogP contribution in [-0.2, 0) is 11.2 Å². The zero-order valence-corrected chi connectivity index (χ0v) is 12.9. The highest BCUT2D eigenvalue weighted by molar-refractivity contribution is 7.18. The fraction of sp³-hybridized carbons (Fsp3) is 0.0667. The Morgan fingerprint density at radius 1 is 1.09 bits per heavy atom. The Kier molecular flexibility index (Phi) is 4.41. The van der Waals surface area contributed by atoms with Gasteiger partial charge in [0, 0.05) is 23.0 Å². The molecule has 0 unspecified atom stereocenters. The summed E-state index contributed by atoms with van der Waals surface area (Å²) in [7, 11) is 0. The number of aromatic nitrogens is 3. The SMILES string of the molecule is O=C(Cc1ccc(Cl)cc1)Nc1nnc(-c2ccncc2)s1. The number of nitrogens with one attached hydrogen (secondary N) is 1. The maximum Gasteiger partial charge on any atom is 0.230 e. The Bertz CT molecular complexity index is 774. The molecule has 7 heteroatoms. The van der Waals surface area contributed by atoms with Gasteiger partial charge in [0.05, 0.1) is 6.42 Å². The van der Waals surface area contributed by atoms with Gasteiger partial charge in [-0.15, -0.1) is 10.2 Å². The lowest BCUT2D eigenvalue weighted by molar-refractivity contribution is -0.115. The Balaban J connectivity index is 1.65. The lowest BCUT2D eigenvalue weighted by Gasteiger charge is -2.01. The van der Waals surface area contributed by atoms with Gasteiger partial charge in [-0.05, 0) is 29.8 Å². The van der Waals surface area contributed by atoms with Gasteiger partial charge in [-0.3, -0.25) is 9.78 Å². The van der Waals surface area contributed by atoms with E-state index >= 15 is 0 Å². The van der Waals surface area contributed by atoms with Crippen molar-refractivity contribution in [2.24, 2.45) is 0 Å². The van der Waals surface area contributed by atoms with E-state index in [0.29, 0.717) is 10.2 Å². The molecule has 0 saturated heterocycles. The molecule has 0 aliphatic carbocycles. The van der Waals surface area contributed by atoms with Crippen molar-refractivity contribution in [2.45, 2.75) is 6.42 Å². The lowest BCUT2D eigenvalue weighted by atomic mass is 10.1. The van der Waals surface area contributed by atoms with Gasteiger partial charge < -0.3 is 5.32 Å². The van der Waals surface area contributed by atoms with E-state index in [1.807, 2.05) is 24.3 Å². The number of nitrogens with zero attached hydrogens (tertiary/aromatic N) is 3. The second kappa shape index (κ2) is 6.64. The third-order valence-electron chi connectivity index (χ3n) is 2.88. The van der Waals surface area contributed by atoms with Crippen LogP contribution in [0.15, 0.2) is 48.8 Å². The molecule has 3 rings (SSSR count). The maximum atomic E-state index is 12.0. The molecule has 110 valence electrons. The van der Waals surface area contributed by atoms with E-state index in [2.05, 4.69) is 20.5 Å². The molecule has 0 aliphatic rings. The van der Waals surface area contributed by atoms with Crippen molar-refractivity contribution < 1.29 is 4.79 Å². The molecule has 2 heterocycles. The number of amides is 1.